The van der Waals surface area contributed by atoms with Crippen molar-refractivity contribution in [3.05, 3.63) is 107 Å². The number of aromatic nitrogens is 2. The van der Waals surface area contributed by atoms with Crippen molar-refractivity contribution >= 4 is 39.1 Å². The van der Waals surface area contributed by atoms with Crippen LogP contribution in [-0.4, -0.2) is 15.2 Å². The van der Waals surface area contributed by atoms with Crippen molar-refractivity contribution in [1.29, 1.82) is 0 Å². The summed E-state index contributed by atoms with van der Waals surface area (Å²) in [5.74, 6) is -0.0600. The van der Waals surface area contributed by atoms with Crippen LogP contribution < -0.4 is 0 Å². The van der Waals surface area contributed by atoms with E-state index in [2.05, 4.69) is 41.0 Å². The van der Waals surface area contributed by atoms with E-state index in [1.807, 2.05) is 60.7 Å². The van der Waals surface area contributed by atoms with E-state index in [4.69, 9.17) is 4.98 Å². The number of imidazole rings is 1. The van der Waals surface area contributed by atoms with Crippen LogP contribution in [0, 0.1) is 6.92 Å². The third kappa shape index (κ3) is 3.51. The van der Waals surface area contributed by atoms with E-state index in [0.29, 0.717) is 11.3 Å². The molecule has 5 heteroatoms. The lowest BCUT2D eigenvalue weighted by molar-refractivity contribution is 0.103. The summed E-state index contributed by atoms with van der Waals surface area (Å²) in [5, 5.41) is 2.11. The van der Waals surface area contributed by atoms with E-state index in [1.165, 1.54) is 5.56 Å². The molecule has 0 atom stereocenters. The molecule has 0 N–H and O–H groups in total. The van der Waals surface area contributed by atoms with Crippen molar-refractivity contribution in [2.75, 3.05) is 0 Å². The average Bonchev–Trinajstić information content (AvgIpc) is 3.34. The van der Waals surface area contributed by atoms with Gasteiger partial charge in [0.2, 0.25) is 5.78 Å². The third-order valence-corrected chi connectivity index (χ3v) is 5.83. The van der Waals surface area contributed by atoms with Gasteiger partial charge in [-0.1, -0.05) is 90.5 Å². The topological polar surface area (TPSA) is 34.4 Å². The lowest BCUT2D eigenvalue weighted by atomic mass is 10.0. The maximum Gasteiger partial charge on any atom is 0.213 e. The first-order chi connectivity index (χ1) is 14.2. The molecule has 0 radical (unpaired) electrons. The molecule has 0 saturated heterocycles. The highest BCUT2D eigenvalue weighted by atomic mass is 79.9. The normalized spacial score (nSPS) is 10.7. The van der Waals surface area contributed by atoms with Gasteiger partial charge in [-0.15, -0.1) is 28.3 Å². The first-order valence-corrected chi connectivity index (χ1v) is 10.3. The molecular weight excluding hydrogens is 456 g/mol. The maximum absolute atomic E-state index is 13.3. The van der Waals surface area contributed by atoms with Crippen molar-refractivity contribution in [3.8, 4) is 22.5 Å². The van der Waals surface area contributed by atoms with Gasteiger partial charge in [0.1, 0.15) is 5.69 Å². The van der Waals surface area contributed by atoms with Gasteiger partial charge in [0.15, 0.2) is 4.96 Å². The van der Waals surface area contributed by atoms with Gasteiger partial charge < -0.3 is 0 Å². The van der Waals surface area contributed by atoms with E-state index in [-0.39, 0.29) is 22.8 Å². The Bertz CT molecular complexity index is 1310. The van der Waals surface area contributed by atoms with Gasteiger partial charge in [-0.3, -0.25) is 9.20 Å². The number of hydrogen-bond acceptors (Lipinski definition) is 3. The molecule has 0 saturated carbocycles. The van der Waals surface area contributed by atoms with Gasteiger partial charge in [0.25, 0.3) is 0 Å². The fourth-order valence-electron chi connectivity index (χ4n) is 3.53. The largest absolute Gasteiger partial charge is 0.287 e. The van der Waals surface area contributed by atoms with E-state index >= 15 is 0 Å². The zero-order chi connectivity index (χ0) is 19.8. The number of aryl methyl sites for hydroxylation is 1. The van der Waals surface area contributed by atoms with Crippen molar-refractivity contribution in [1.82, 2.24) is 9.38 Å². The molecule has 3 nitrogen and oxygen atoms in total. The molecular formula is C25H19BrN2OS. The Balaban J connectivity index is 0.00000218. The van der Waals surface area contributed by atoms with E-state index in [1.54, 1.807) is 11.3 Å². The monoisotopic (exact) mass is 474 g/mol. The third-order valence-electron chi connectivity index (χ3n) is 5.01. The van der Waals surface area contributed by atoms with Crippen LogP contribution in [0.3, 0.4) is 0 Å². The summed E-state index contributed by atoms with van der Waals surface area (Å²) in [5.41, 5.74) is 6.32. The minimum absolute atomic E-state index is 0. The number of fused-ring (bicyclic) bond motifs is 1. The van der Waals surface area contributed by atoms with Gasteiger partial charge in [0.05, 0.1) is 11.4 Å². The molecule has 0 amide bonds. The van der Waals surface area contributed by atoms with Crippen LogP contribution in [0.5, 0.6) is 0 Å². The standard InChI is InChI=1S/C25H18N2OS.BrH/c1-17-12-14-18(15-13-17)21-16-29-25-26-22(24(28)20-10-6-3-7-11-20)23(27(21)25)19-8-4-2-5-9-19;/h2-16H,1H3;1H. The van der Waals surface area contributed by atoms with Crippen molar-refractivity contribution in [2.24, 2.45) is 0 Å². The molecule has 30 heavy (non-hydrogen) atoms. The second-order valence-electron chi connectivity index (χ2n) is 6.98. The number of carbonyl (C=O) groups excluding carboxylic acids is 1. The van der Waals surface area contributed by atoms with E-state index in [9.17, 15) is 4.79 Å². The Morgan fingerprint density at radius 1 is 0.833 bits per heavy atom. The summed E-state index contributed by atoms with van der Waals surface area (Å²) in [6.45, 7) is 2.08. The lowest BCUT2D eigenvalue weighted by Gasteiger charge is -2.08. The zero-order valence-corrected chi connectivity index (χ0v) is 18.8. The number of benzene rings is 3. The number of hydrogen-bond donors (Lipinski definition) is 0. The minimum atomic E-state index is -0.0600. The summed E-state index contributed by atoms with van der Waals surface area (Å²) in [6.07, 6.45) is 0. The van der Waals surface area contributed by atoms with Crippen LogP contribution in [0.25, 0.3) is 27.5 Å². The molecule has 5 aromatic rings. The van der Waals surface area contributed by atoms with E-state index < -0.39 is 0 Å². The summed E-state index contributed by atoms with van der Waals surface area (Å²) in [7, 11) is 0. The summed E-state index contributed by atoms with van der Waals surface area (Å²) in [6, 6.07) is 27.8. The zero-order valence-electron chi connectivity index (χ0n) is 16.3. The van der Waals surface area contributed by atoms with Crippen molar-refractivity contribution in [3.63, 3.8) is 0 Å². The number of halogens is 1. The number of thiazole rings is 1. The molecule has 148 valence electrons. The highest BCUT2D eigenvalue weighted by Crippen LogP contribution is 2.35. The molecule has 2 heterocycles. The summed E-state index contributed by atoms with van der Waals surface area (Å²) in [4.78, 5) is 18.9. The Kier molecular flexibility index (Phi) is 5.66. The van der Waals surface area contributed by atoms with Gasteiger partial charge in [-0.2, -0.15) is 0 Å². The fourth-order valence-corrected chi connectivity index (χ4v) is 4.43. The molecule has 2 aromatic heterocycles. The van der Waals surface area contributed by atoms with Crippen LogP contribution >= 0.6 is 28.3 Å². The second kappa shape index (κ2) is 8.38. The predicted molar refractivity (Wildman–Crippen MR) is 129 cm³/mol. The first kappa shape index (κ1) is 20.3. The predicted octanol–water partition coefficient (Wildman–Crippen LogP) is 6.85. The molecule has 0 aliphatic carbocycles. The highest BCUT2D eigenvalue weighted by molar-refractivity contribution is 8.93. The quantitative estimate of drug-likeness (QED) is 0.267. The fraction of sp³-hybridized carbons (Fsp3) is 0.0400. The molecule has 3 aromatic carbocycles. The smallest absolute Gasteiger partial charge is 0.213 e. The molecule has 0 unspecified atom stereocenters. The SMILES string of the molecule is Br.Cc1ccc(-c2csc3nc(C(=O)c4ccccc4)c(-c4ccccc4)n23)cc1. The van der Waals surface area contributed by atoms with Gasteiger partial charge >= 0.3 is 0 Å². The molecule has 0 bridgehead atoms. The van der Waals surface area contributed by atoms with Crippen LogP contribution in [0.4, 0.5) is 0 Å². The number of ketones is 1. The Labute approximate surface area is 189 Å². The first-order valence-electron chi connectivity index (χ1n) is 9.44. The number of rotatable bonds is 4. The summed E-state index contributed by atoms with van der Waals surface area (Å²) >= 11 is 1.55. The van der Waals surface area contributed by atoms with Gasteiger partial charge in [-0.25, -0.2) is 4.98 Å². The Morgan fingerprint density at radius 2 is 1.47 bits per heavy atom. The second-order valence-corrected chi connectivity index (χ2v) is 7.81. The van der Waals surface area contributed by atoms with Crippen LogP contribution in [0.2, 0.25) is 0 Å². The summed E-state index contributed by atoms with van der Waals surface area (Å²) < 4.78 is 2.11. The highest BCUT2D eigenvalue weighted by Gasteiger charge is 2.24. The molecule has 0 spiro atoms. The molecule has 0 fully saturated rings. The molecule has 0 aliphatic heterocycles. The molecule has 0 aliphatic rings. The van der Waals surface area contributed by atoms with Crippen molar-refractivity contribution < 1.29 is 4.79 Å². The number of nitrogens with zero attached hydrogens (tertiary/aromatic N) is 2. The Morgan fingerprint density at radius 3 is 2.13 bits per heavy atom. The minimum Gasteiger partial charge on any atom is -0.287 e. The van der Waals surface area contributed by atoms with Crippen LogP contribution in [0.1, 0.15) is 21.6 Å². The lowest BCUT2D eigenvalue weighted by Crippen LogP contribution is -2.04. The Hall–Kier alpha value is -3.02. The molecule has 5 rings (SSSR count). The van der Waals surface area contributed by atoms with Crippen LogP contribution in [-0.2, 0) is 0 Å². The maximum atomic E-state index is 13.3. The van der Waals surface area contributed by atoms with Crippen LogP contribution in [0.15, 0.2) is 90.3 Å². The number of carbonyl (C=O) groups is 1. The van der Waals surface area contributed by atoms with Gasteiger partial charge in [0, 0.05) is 16.5 Å². The average molecular weight is 475 g/mol. The van der Waals surface area contributed by atoms with Gasteiger partial charge in [-0.05, 0) is 12.5 Å². The van der Waals surface area contributed by atoms with E-state index in [0.717, 1.165) is 27.5 Å². The van der Waals surface area contributed by atoms with Crippen molar-refractivity contribution in [2.45, 2.75) is 6.92 Å².